The molecule has 0 amide bonds. The van der Waals surface area contributed by atoms with Gasteiger partial charge in [0.05, 0.1) is 0 Å². The Bertz CT molecular complexity index is 3800. The van der Waals surface area contributed by atoms with Crippen molar-refractivity contribution in [1.29, 1.82) is 0 Å². The molecule has 30 heteroatoms. The summed E-state index contributed by atoms with van der Waals surface area (Å²) >= 11 is -0.754. The minimum absolute atomic E-state index is 0. The van der Waals surface area contributed by atoms with E-state index < -0.39 is 0 Å². The number of carbonyl (C=O) groups is 6. The first-order chi connectivity index (χ1) is 51.4. The summed E-state index contributed by atoms with van der Waals surface area (Å²) in [6, 6.07) is 35.8. The van der Waals surface area contributed by atoms with Crippen molar-refractivity contribution >= 4 is 163 Å². The zero-order chi connectivity index (χ0) is 83.1. The van der Waals surface area contributed by atoms with Crippen LogP contribution in [0.25, 0.3) is 0 Å². The van der Waals surface area contributed by atoms with Gasteiger partial charge in [-0.05, 0) is 0 Å². The second kappa shape index (κ2) is 70.8. The van der Waals surface area contributed by atoms with E-state index in [1.54, 1.807) is 0 Å². The average molecular weight is 2730 g/mol. The van der Waals surface area contributed by atoms with Crippen LogP contribution in [0.2, 0.25) is 0 Å². The van der Waals surface area contributed by atoms with E-state index in [0.717, 1.165) is 25.7 Å². The minimum atomic E-state index is -0.210. The number of rotatable bonds is 30. The van der Waals surface area contributed by atoms with E-state index in [1.807, 2.05) is 114 Å². The number of aryl methyl sites for hydroxylation is 7. The van der Waals surface area contributed by atoms with Crippen LogP contribution in [-0.4, -0.2) is 258 Å². The minimum Gasteiger partial charge on any atom is 0 e. The Balaban J connectivity index is -0.000000307. The van der Waals surface area contributed by atoms with Crippen molar-refractivity contribution in [2.75, 3.05) is 157 Å². The summed E-state index contributed by atoms with van der Waals surface area (Å²) < 4.78 is 38.0. The molecular formula is C85H134I6N6O12Y6. The van der Waals surface area contributed by atoms with Gasteiger partial charge in [0, 0.05) is 196 Å². The van der Waals surface area contributed by atoms with Crippen LogP contribution in [0.15, 0.2) is 103 Å². The van der Waals surface area contributed by atoms with Gasteiger partial charge in [0.15, 0.2) is 0 Å². The molecule has 6 radical (unpaired) electrons. The third-order valence-electron chi connectivity index (χ3n) is 18.3. The topological polar surface area (TPSA) is 177 Å². The summed E-state index contributed by atoms with van der Waals surface area (Å²) in [4.78, 5) is 95.8. The van der Waals surface area contributed by atoms with Crippen molar-refractivity contribution < 1.29 is 253 Å². The summed E-state index contributed by atoms with van der Waals surface area (Å²) in [5.41, 5.74) is 16.8. The summed E-state index contributed by atoms with van der Waals surface area (Å²) in [5, 5.41) is 0. The van der Waals surface area contributed by atoms with Gasteiger partial charge in [-0.2, -0.15) is 0 Å². The van der Waals surface area contributed by atoms with Gasteiger partial charge < -0.3 is 0 Å². The van der Waals surface area contributed by atoms with Crippen LogP contribution >= 0.6 is 127 Å². The van der Waals surface area contributed by atoms with E-state index in [2.05, 4.69) is 181 Å². The second-order valence-corrected chi connectivity index (χ2v) is 41.9. The number of methoxy groups -OCH3 is 6. The fourth-order valence-electron chi connectivity index (χ4n) is 11.5. The second-order valence-electron chi connectivity index (χ2n) is 27.5. The first-order valence-corrected chi connectivity index (χ1v) is 56.6. The van der Waals surface area contributed by atoms with Gasteiger partial charge >= 0.3 is 727 Å². The molecule has 0 saturated carbocycles. The molecule has 115 heavy (non-hydrogen) atoms. The number of halogens is 6. The van der Waals surface area contributed by atoms with Gasteiger partial charge in [-0.25, -0.2) is 0 Å². The Labute approximate surface area is 906 Å². The van der Waals surface area contributed by atoms with Crippen molar-refractivity contribution in [3.63, 3.8) is 0 Å². The molecule has 18 nitrogen and oxygen atoms in total. The van der Waals surface area contributed by atoms with E-state index in [4.69, 9.17) is 28.4 Å². The molecule has 6 aromatic rings. The molecule has 6 atom stereocenters. The Morgan fingerprint density at radius 2 is 0.583 bits per heavy atom. The normalized spacial score (nSPS) is 12.1. The summed E-state index contributed by atoms with van der Waals surface area (Å²) in [7, 11) is 31.6. The molecule has 6 unspecified atom stereocenters. The van der Waals surface area contributed by atoms with Crippen molar-refractivity contribution in [2.24, 2.45) is 0 Å². The van der Waals surface area contributed by atoms with Gasteiger partial charge in [-0.15, -0.1) is 0 Å². The molecule has 0 fully saturated rings. The smallest absolute Gasteiger partial charge is 0 e. The Morgan fingerprint density at radius 3 is 0.948 bits per heavy atom. The van der Waals surface area contributed by atoms with Crippen LogP contribution in [0, 0.1) is 69.9 Å². The Hall–Kier alpha value is 2.90. The Kier molecular flexibility index (Phi) is 79.3. The van der Waals surface area contributed by atoms with E-state index in [1.165, 1.54) is 136 Å². The summed E-state index contributed by atoms with van der Waals surface area (Å²) in [6.07, 6.45) is 4.33. The number of alkyl halides is 6. The maximum absolute atomic E-state index is 11.9. The van der Waals surface area contributed by atoms with Gasteiger partial charge in [-0.3, -0.25) is 0 Å². The zero-order valence-corrected chi connectivity index (χ0v) is 106. The standard InChI is InChI=1S/C15H24INO2.5C14H22INO2.6Y/c1-10-7-12(13(16-3)8-11(10)2)9-14(17(4)5)15(18)19-6;1-10-8-11(6-7-12(10)15-2)9-13(16(3)4)14(17)18-5;1-10-6-7-11(8-12(10)15-2)9-13(16(3)4)14(17)18-5;1-10-6-7-12(15-2)11(8-10)9-13(16(3)4)14(17)18-5;1-10-6-7-11(12(8-10)15-2)9-13(16(3)4)14(17)18-5;1-10-7-6-8-11(13(10)15-2)9-12(16(3)4)14(17)18-5;;;;;;/h7-8,14,16H,9H2,1-6H3;4*6-8,13,15H,9H2,1-5H3;6-8,12,15H,9H2,1-5H3;;;;;;. The molecule has 0 N–H and O–H groups in total. The number of benzene rings is 6. The molecule has 0 aliphatic carbocycles. The van der Waals surface area contributed by atoms with E-state index >= 15 is 0 Å². The number of carbonyl (C=O) groups excluding carboxylic acids is 6. The van der Waals surface area contributed by atoms with E-state index in [0.29, 0.717) is 12.8 Å². The molecule has 0 saturated heterocycles. The third-order valence-corrected chi connectivity index (χ3v) is 33.3. The van der Waals surface area contributed by atoms with Crippen LogP contribution in [0.1, 0.15) is 72.3 Å². The maximum Gasteiger partial charge on any atom is 0 e. The quantitative estimate of drug-likeness (QED) is 0.0180. The monoisotopic (exact) mass is 2730 g/mol. The van der Waals surface area contributed by atoms with Crippen LogP contribution in [-0.2, 0) is 292 Å². The largest absolute Gasteiger partial charge is 0 e. The van der Waals surface area contributed by atoms with Gasteiger partial charge in [-0.1, -0.05) is 0 Å². The molecule has 0 heterocycles. The van der Waals surface area contributed by atoms with Crippen molar-refractivity contribution in [3.8, 4) is 0 Å². The van der Waals surface area contributed by atoms with Crippen molar-refractivity contribution in [2.45, 2.75) is 123 Å². The zero-order valence-electron chi connectivity index (χ0n) is 74.5. The van der Waals surface area contributed by atoms with Gasteiger partial charge in [0.1, 0.15) is 0 Å². The molecule has 6 aromatic carbocycles. The number of hydrogen-bond acceptors (Lipinski definition) is 18. The fourth-order valence-corrected chi connectivity index (χ4v) is 23.1. The van der Waals surface area contributed by atoms with Crippen molar-refractivity contribution in [3.05, 3.63) is 197 Å². The molecule has 0 aliphatic rings. The first-order valence-electron chi connectivity index (χ1n) is 35.6. The Morgan fingerprint density at radius 1 is 0.270 bits per heavy atom. The van der Waals surface area contributed by atoms with Crippen LogP contribution < -0.4 is 0 Å². The number of ether oxygens (including phenoxy) is 6. The van der Waals surface area contributed by atoms with E-state index in [-0.39, 0.29) is 396 Å². The predicted octanol–water partition coefficient (Wildman–Crippen LogP) is 13.2. The fraction of sp³-hybridized carbons (Fsp3) is 0.506. The number of esters is 6. The molecule has 0 aliphatic heterocycles. The van der Waals surface area contributed by atoms with Gasteiger partial charge in [0.2, 0.25) is 0 Å². The van der Waals surface area contributed by atoms with Gasteiger partial charge in [0.25, 0.3) is 0 Å². The molecule has 0 bridgehead atoms. The van der Waals surface area contributed by atoms with E-state index in [9.17, 15) is 28.8 Å². The predicted molar refractivity (Wildman–Crippen MR) is 511 cm³/mol. The maximum atomic E-state index is 11.9. The summed E-state index contributed by atoms with van der Waals surface area (Å²) in [5.74, 6) is -0.997. The number of likely N-dealkylation sites (N-methyl/N-ethyl adjacent to an activating group) is 6. The molecule has 636 valence electrons. The average Bonchev–Trinajstić information content (AvgIpc) is 0.880. The molecule has 0 aromatic heterocycles. The van der Waals surface area contributed by atoms with Crippen LogP contribution in [0.4, 0.5) is 0 Å². The molecular weight excluding hydrogens is 2590 g/mol. The first kappa shape index (κ1) is 129. The van der Waals surface area contributed by atoms with Crippen molar-refractivity contribution in [1.82, 2.24) is 29.4 Å². The molecule has 6 rings (SSSR count). The number of nitrogens with zero attached hydrogens (tertiary/aromatic N) is 6. The number of hydrogen-bond donors (Lipinski definition) is 0. The molecule has 0 spiro atoms. The SMILES string of the molecule is COC(=O)C(Cc1cc(C)c(C)cc1[IH]C)N(C)C.COC(=O)C(Cc1cc(C)ccc1[IH]C)N(C)C.COC(=O)C(Cc1ccc(C)c([IH]C)c1)N(C)C.COC(=O)C(Cc1ccc(C)cc1[IH]C)N(C)C.COC(=O)C(Cc1ccc([IH]C)c(C)c1)N(C)C.COC(=O)C(Cc1cccc(C)c1[IH]C)N(C)C.[Y].[Y].[Y].[Y].[Y].[Y]. The van der Waals surface area contributed by atoms with Crippen LogP contribution in [0.3, 0.4) is 0 Å². The third kappa shape index (κ3) is 47.2. The van der Waals surface area contributed by atoms with Crippen LogP contribution in [0.5, 0.6) is 0 Å². The summed E-state index contributed by atoms with van der Waals surface area (Å²) in [6.45, 7) is 14.9.